The van der Waals surface area contributed by atoms with Gasteiger partial charge in [0.05, 0.1) is 17.8 Å². The van der Waals surface area contributed by atoms with Gasteiger partial charge in [0.25, 0.3) is 5.56 Å². The first kappa shape index (κ1) is 22.0. The summed E-state index contributed by atoms with van der Waals surface area (Å²) in [5, 5.41) is 0. The van der Waals surface area contributed by atoms with Crippen molar-refractivity contribution in [3.8, 4) is 5.75 Å². The Morgan fingerprint density at radius 2 is 2.03 bits per heavy atom. The number of methoxy groups -OCH3 is 1. The Labute approximate surface area is 176 Å². The van der Waals surface area contributed by atoms with Crippen LogP contribution in [0.5, 0.6) is 5.75 Å². The Hall–Kier alpha value is -2.68. The maximum absolute atomic E-state index is 12.7. The molecule has 1 aromatic heterocycles. The molecule has 0 bridgehead atoms. The summed E-state index contributed by atoms with van der Waals surface area (Å²) < 4.78 is 30.1. The van der Waals surface area contributed by atoms with Crippen molar-refractivity contribution in [2.75, 3.05) is 26.0 Å². The zero-order valence-corrected chi connectivity index (χ0v) is 18.1. The molecule has 0 aliphatic carbocycles. The maximum atomic E-state index is 12.7. The smallest absolute Gasteiger partial charge is 0.251 e. The van der Waals surface area contributed by atoms with Gasteiger partial charge in [0.1, 0.15) is 11.6 Å². The summed E-state index contributed by atoms with van der Waals surface area (Å²) in [6.45, 7) is 2.94. The van der Waals surface area contributed by atoms with Gasteiger partial charge in [-0.3, -0.25) is 9.59 Å². The minimum atomic E-state index is -3.56. The summed E-state index contributed by atoms with van der Waals surface area (Å²) in [5.41, 5.74) is 0.536. The SMILES string of the molecule is CCc1cc(=O)[nH]c([C@H]2CCCN(C(=O)CCS(=O)(=O)c3ccc(OC)cc3)C2)n1. The quantitative estimate of drug-likeness (QED) is 0.714. The van der Waals surface area contributed by atoms with Crippen LogP contribution in [0.4, 0.5) is 0 Å². The number of H-pyrrole nitrogens is 1. The van der Waals surface area contributed by atoms with Gasteiger partial charge in [-0.05, 0) is 43.5 Å². The number of hydrogen-bond acceptors (Lipinski definition) is 6. The van der Waals surface area contributed by atoms with Gasteiger partial charge in [0.15, 0.2) is 9.84 Å². The van der Waals surface area contributed by atoms with E-state index in [1.54, 1.807) is 17.0 Å². The Morgan fingerprint density at radius 3 is 2.70 bits per heavy atom. The van der Waals surface area contributed by atoms with Crippen LogP contribution >= 0.6 is 0 Å². The monoisotopic (exact) mass is 433 g/mol. The van der Waals surface area contributed by atoms with E-state index in [9.17, 15) is 18.0 Å². The van der Waals surface area contributed by atoms with Crippen LogP contribution in [0.1, 0.15) is 43.6 Å². The van der Waals surface area contributed by atoms with Crippen LogP contribution in [0.3, 0.4) is 0 Å². The van der Waals surface area contributed by atoms with Crippen molar-refractivity contribution in [2.45, 2.75) is 43.4 Å². The summed E-state index contributed by atoms with van der Waals surface area (Å²) in [7, 11) is -2.05. The number of aromatic amines is 1. The third-order valence-corrected chi connectivity index (χ3v) is 7.07. The summed E-state index contributed by atoms with van der Waals surface area (Å²) in [6, 6.07) is 7.63. The molecule has 1 atom stereocenters. The molecule has 8 nitrogen and oxygen atoms in total. The summed E-state index contributed by atoms with van der Waals surface area (Å²) in [5.74, 6) is 0.663. The number of aryl methyl sites for hydroxylation is 1. The highest BCUT2D eigenvalue weighted by Crippen LogP contribution is 2.25. The van der Waals surface area contributed by atoms with E-state index in [1.165, 1.54) is 25.3 Å². The second-order valence-corrected chi connectivity index (χ2v) is 9.51. The minimum absolute atomic E-state index is 0.0555. The van der Waals surface area contributed by atoms with Crippen molar-refractivity contribution < 1.29 is 17.9 Å². The molecule has 1 fully saturated rings. The number of rotatable bonds is 7. The fourth-order valence-electron chi connectivity index (χ4n) is 3.61. The molecule has 1 aliphatic rings. The topological polar surface area (TPSA) is 109 Å². The molecule has 0 spiro atoms. The van der Waals surface area contributed by atoms with Gasteiger partial charge in [-0.1, -0.05) is 6.92 Å². The number of carbonyl (C=O) groups is 1. The van der Waals surface area contributed by atoms with E-state index < -0.39 is 9.84 Å². The number of piperidine rings is 1. The lowest BCUT2D eigenvalue weighted by molar-refractivity contribution is -0.132. The van der Waals surface area contributed by atoms with Gasteiger partial charge in [-0.2, -0.15) is 0 Å². The van der Waals surface area contributed by atoms with E-state index in [1.807, 2.05) is 6.92 Å². The van der Waals surface area contributed by atoms with Crippen LogP contribution in [0.25, 0.3) is 0 Å². The lowest BCUT2D eigenvalue weighted by atomic mass is 9.96. The van der Waals surface area contributed by atoms with E-state index in [0.717, 1.165) is 18.5 Å². The second-order valence-electron chi connectivity index (χ2n) is 7.40. The molecule has 1 aromatic carbocycles. The Bertz CT molecular complexity index is 1050. The second kappa shape index (κ2) is 9.42. The number of amides is 1. The Kier molecular flexibility index (Phi) is 6.91. The number of nitrogens with one attached hydrogen (secondary N) is 1. The number of benzene rings is 1. The molecule has 1 N–H and O–H groups in total. The number of aromatic nitrogens is 2. The van der Waals surface area contributed by atoms with Crippen molar-refractivity contribution in [3.63, 3.8) is 0 Å². The van der Waals surface area contributed by atoms with Crippen LogP contribution in [-0.4, -0.2) is 55.1 Å². The Balaban J connectivity index is 1.64. The number of nitrogens with zero attached hydrogens (tertiary/aromatic N) is 2. The minimum Gasteiger partial charge on any atom is -0.497 e. The van der Waals surface area contributed by atoms with E-state index in [-0.39, 0.29) is 34.5 Å². The lowest BCUT2D eigenvalue weighted by Crippen LogP contribution is -2.40. The van der Waals surface area contributed by atoms with Crippen molar-refractivity contribution in [1.82, 2.24) is 14.9 Å². The highest BCUT2D eigenvalue weighted by Gasteiger charge is 2.27. The highest BCUT2D eigenvalue weighted by atomic mass is 32.2. The van der Waals surface area contributed by atoms with Gasteiger partial charge in [-0.25, -0.2) is 13.4 Å². The zero-order chi connectivity index (χ0) is 21.7. The van der Waals surface area contributed by atoms with Gasteiger partial charge in [0.2, 0.25) is 5.91 Å². The van der Waals surface area contributed by atoms with Crippen molar-refractivity contribution in [3.05, 3.63) is 52.2 Å². The zero-order valence-electron chi connectivity index (χ0n) is 17.3. The standard InChI is InChI=1S/C21H27N3O5S/c1-3-16-13-19(25)23-21(22-16)15-5-4-11-24(14-15)20(26)10-12-30(27,28)18-8-6-17(29-2)7-9-18/h6-9,13,15H,3-5,10-12,14H2,1-2H3,(H,22,23,25)/t15-/m0/s1. The van der Waals surface area contributed by atoms with Crippen LogP contribution in [0.2, 0.25) is 0 Å². The van der Waals surface area contributed by atoms with Gasteiger partial charge in [0, 0.05) is 37.2 Å². The molecular formula is C21H27N3O5S. The largest absolute Gasteiger partial charge is 0.497 e. The van der Waals surface area contributed by atoms with Gasteiger partial charge >= 0.3 is 0 Å². The molecule has 162 valence electrons. The van der Waals surface area contributed by atoms with E-state index in [4.69, 9.17) is 4.74 Å². The first-order valence-corrected chi connectivity index (χ1v) is 11.7. The fraction of sp³-hybridized carbons (Fsp3) is 0.476. The molecule has 3 rings (SSSR count). The van der Waals surface area contributed by atoms with Crippen LogP contribution in [0, 0.1) is 0 Å². The molecular weight excluding hydrogens is 406 g/mol. The van der Waals surface area contributed by atoms with E-state index >= 15 is 0 Å². The number of carbonyl (C=O) groups excluding carboxylic acids is 1. The van der Waals surface area contributed by atoms with Crippen molar-refractivity contribution >= 4 is 15.7 Å². The maximum Gasteiger partial charge on any atom is 0.251 e. The number of ether oxygens (including phenoxy) is 1. The molecule has 0 saturated carbocycles. The number of hydrogen-bond donors (Lipinski definition) is 1. The third-order valence-electron chi connectivity index (χ3n) is 5.34. The third kappa shape index (κ3) is 5.27. The average Bonchev–Trinajstić information content (AvgIpc) is 2.77. The summed E-state index contributed by atoms with van der Waals surface area (Å²) >= 11 is 0. The van der Waals surface area contributed by atoms with Crippen molar-refractivity contribution in [1.29, 1.82) is 0 Å². The fourth-order valence-corrected chi connectivity index (χ4v) is 4.84. The van der Waals surface area contributed by atoms with Crippen LogP contribution in [0.15, 0.2) is 40.0 Å². The predicted molar refractivity (Wildman–Crippen MR) is 112 cm³/mol. The molecule has 1 aliphatic heterocycles. The van der Waals surface area contributed by atoms with Crippen LogP contribution in [-0.2, 0) is 21.1 Å². The molecule has 2 heterocycles. The van der Waals surface area contributed by atoms with E-state index in [2.05, 4.69) is 9.97 Å². The average molecular weight is 434 g/mol. The number of likely N-dealkylation sites (tertiary alicyclic amines) is 1. The highest BCUT2D eigenvalue weighted by molar-refractivity contribution is 7.91. The van der Waals surface area contributed by atoms with E-state index in [0.29, 0.717) is 31.1 Å². The van der Waals surface area contributed by atoms with Crippen LogP contribution < -0.4 is 10.3 Å². The van der Waals surface area contributed by atoms with Gasteiger partial charge < -0.3 is 14.6 Å². The Morgan fingerprint density at radius 1 is 1.30 bits per heavy atom. The normalized spacial score (nSPS) is 17.0. The number of sulfone groups is 1. The van der Waals surface area contributed by atoms with Gasteiger partial charge in [-0.15, -0.1) is 0 Å². The molecule has 1 saturated heterocycles. The molecule has 1 amide bonds. The first-order valence-electron chi connectivity index (χ1n) is 10.1. The first-order chi connectivity index (χ1) is 14.3. The molecule has 2 aromatic rings. The summed E-state index contributed by atoms with van der Waals surface area (Å²) in [6.07, 6.45) is 2.18. The predicted octanol–water partition coefficient (Wildman–Crippen LogP) is 1.91. The molecule has 0 radical (unpaired) electrons. The molecule has 30 heavy (non-hydrogen) atoms. The lowest BCUT2D eigenvalue weighted by Gasteiger charge is -2.32. The summed E-state index contributed by atoms with van der Waals surface area (Å²) in [4.78, 5) is 33.7. The molecule has 9 heteroatoms. The molecule has 0 unspecified atom stereocenters. The van der Waals surface area contributed by atoms with Crippen molar-refractivity contribution in [2.24, 2.45) is 0 Å².